The highest BCUT2D eigenvalue weighted by molar-refractivity contribution is 5.78. The van der Waals surface area contributed by atoms with Gasteiger partial charge in [0.1, 0.15) is 0 Å². The molecule has 0 unspecified atom stereocenters. The van der Waals surface area contributed by atoms with Gasteiger partial charge >= 0.3 is 0 Å². The minimum Gasteiger partial charge on any atom is -0.356 e. The van der Waals surface area contributed by atoms with Crippen molar-refractivity contribution in [3.63, 3.8) is 0 Å². The van der Waals surface area contributed by atoms with Gasteiger partial charge < -0.3 is 10.6 Å². The van der Waals surface area contributed by atoms with E-state index in [1.165, 1.54) is 32.1 Å². The number of carbonyl (C=O) groups excluding carboxylic acids is 1. The summed E-state index contributed by atoms with van der Waals surface area (Å²) in [6.45, 7) is 7.19. The summed E-state index contributed by atoms with van der Waals surface area (Å²) in [6.07, 6.45) is 9.78. The van der Waals surface area contributed by atoms with Gasteiger partial charge in [0, 0.05) is 12.5 Å². The normalized spacial score (nSPS) is 23.3. The Kier molecular flexibility index (Phi) is 8.89. The van der Waals surface area contributed by atoms with E-state index in [0.29, 0.717) is 5.91 Å². The summed E-state index contributed by atoms with van der Waals surface area (Å²) < 4.78 is 0. The average molecular weight is 268 g/mol. The van der Waals surface area contributed by atoms with Crippen LogP contribution in [0.3, 0.4) is 0 Å². The zero-order valence-corrected chi connectivity index (χ0v) is 12.8. The van der Waals surface area contributed by atoms with Crippen LogP contribution in [0.1, 0.15) is 65.2 Å². The maximum atomic E-state index is 12.0. The molecule has 1 rings (SSSR count). The molecule has 2 N–H and O–H groups in total. The number of hydrogen-bond acceptors (Lipinski definition) is 2. The number of unbranched alkanes of at least 4 members (excludes halogenated alkanes) is 1. The summed E-state index contributed by atoms with van der Waals surface area (Å²) in [6, 6.07) is 0. The number of carbonyl (C=O) groups is 1. The van der Waals surface area contributed by atoms with Gasteiger partial charge in [0.05, 0.1) is 0 Å². The number of rotatable bonds is 9. The van der Waals surface area contributed by atoms with Crippen molar-refractivity contribution in [2.75, 3.05) is 19.6 Å². The van der Waals surface area contributed by atoms with E-state index in [-0.39, 0.29) is 5.92 Å². The molecule has 3 heteroatoms. The molecule has 0 radical (unpaired) electrons. The molecule has 0 aliphatic heterocycles. The molecule has 1 aliphatic carbocycles. The first-order valence-corrected chi connectivity index (χ1v) is 8.26. The Morgan fingerprint density at radius 3 is 2.42 bits per heavy atom. The van der Waals surface area contributed by atoms with Crippen LogP contribution in [-0.2, 0) is 4.79 Å². The third kappa shape index (κ3) is 6.95. The van der Waals surface area contributed by atoms with Crippen molar-refractivity contribution < 1.29 is 4.79 Å². The van der Waals surface area contributed by atoms with Gasteiger partial charge in [-0.05, 0) is 51.1 Å². The Morgan fingerprint density at radius 2 is 1.79 bits per heavy atom. The highest BCUT2D eigenvalue weighted by atomic mass is 16.1. The van der Waals surface area contributed by atoms with E-state index < -0.39 is 0 Å². The molecule has 0 spiro atoms. The lowest BCUT2D eigenvalue weighted by molar-refractivity contribution is -0.126. The van der Waals surface area contributed by atoms with Crippen LogP contribution >= 0.6 is 0 Å². The number of nitrogens with one attached hydrogen (secondary N) is 2. The fourth-order valence-corrected chi connectivity index (χ4v) is 2.95. The lowest BCUT2D eigenvalue weighted by Gasteiger charge is -2.27. The number of amides is 1. The molecule has 0 saturated heterocycles. The fourth-order valence-electron chi connectivity index (χ4n) is 2.95. The van der Waals surface area contributed by atoms with Crippen molar-refractivity contribution in [3.8, 4) is 0 Å². The van der Waals surface area contributed by atoms with Gasteiger partial charge in [0.15, 0.2) is 0 Å². The molecular weight excluding hydrogens is 236 g/mol. The summed E-state index contributed by atoms with van der Waals surface area (Å²) in [5.41, 5.74) is 0. The van der Waals surface area contributed by atoms with E-state index in [2.05, 4.69) is 24.5 Å². The molecular formula is C16H32N2O. The van der Waals surface area contributed by atoms with E-state index in [4.69, 9.17) is 0 Å². The van der Waals surface area contributed by atoms with E-state index in [0.717, 1.165) is 44.8 Å². The minimum absolute atomic E-state index is 0.289. The largest absolute Gasteiger partial charge is 0.356 e. The van der Waals surface area contributed by atoms with E-state index in [1.807, 2.05) is 0 Å². The Bertz CT molecular complexity index is 235. The van der Waals surface area contributed by atoms with Gasteiger partial charge in [-0.25, -0.2) is 0 Å². The maximum Gasteiger partial charge on any atom is 0.223 e. The zero-order valence-electron chi connectivity index (χ0n) is 12.8. The molecule has 0 aromatic carbocycles. The van der Waals surface area contributed by atoms with Crippen molar-refractivity contribution in [1.82, 2.24) is 10.6 Å². The summed E-state index contributed by atoms with van der Waals surface area (Å²) in [5.74, 6) is 1.47. The quantitative estimate of drug-likeness (QED) is 0.631. The molecule has 0 heterocycles. The Labute approximate surface area is 118 Å². The summed E-state index contributed by atoms with van der Waals surface area (Å²) >= 11 is 0. The van der Waals surface area contributed by atoms with Crippen LogP contribution in [0.4, 0.5) is 0 Å². The van der Waals surface area contributed by atoms with Crippen LogP contribution in [-0.4, -0.2) is 25.5 Å². The predicted molar refractivity (Wildman–Crippen MR) is 81.1 cm³/mol. The standard InChI is InChI=1S/C16H32N2O/c1-3-5-7-14-8-10-15(11-9-14)16(19)18-13-6-12-17-4-2/h14-15,17H,3-13H2,1-2H3,(H,18,19). The van der Waals surface area contributed by atoms with Crippen molar-refractivity contribution >= 4 is 5.91 Å². The predicted octanol–water partition coefficient (Wildman–Crippen LogP) is 3.10. The average Bonchev–Trinajstić information content (AvgIpc) is 2.45. The maximum absolute atomic E-state index is 12.0. The first-order chi connectivity index (χ1) is 9.27. The van der Waals surface area contributed by atoms with Crippen molar-refractivity contribution in [3.05, 3.63) is 0 Å². The number of hydrogen-bond donors (Lipinski definition) is 2. The van der Waals surface area contributed by atoms with Crippen LogP contribution < -0.4 is 10.6 Å². The Morgan fingerprint density at radius 1 is 1.05 bits per heavy atom. The first kappa shape index (κ1) is 16.5. The summed E-state index contributed by atoms with van der Waals surface area (Å²) in [5, 5.41) is 6.37. The second-order valence-corrected chi connectivity index (χ2v) is 5.86. The second-order valence-electron chi connectivity index (χ2n) is 5.86. The van der Waals surface area contributed by atoms with Gasteiger partial charge in [0.2, 0.25) is 5.91 Å². The molecule has 0 bridgehead atoms. The third-order valence-corrected chi connectivity index (χ3v) is 4.26. The molecule has 1 amide bonds. The van der Waals surface area contributed by atoms with Gasteiger partial charge in [-0.15, -0.1) is 0 Å². The van der Waals surface area contributed by atoms with E-state index in [9.17, 15) is 4.79 Å². The monoisotopic (exact) mass is 268 g/mol. The van der Waals surface area contributed by atoms with Crippen LogP contribution in [0, 0.1) is 11.8 Å². The molecule has 1 aliphatic rings. The van der Waals surface area contributed by atoms with Crippen molar-refractivity contribution in [2.45, 2.75) is 65.2 Å². The Hall–Kier alpha value is -0.570. The van der Waals surface area contributed by atoms with Gasteiger partial charge in [-0.2, -0.15) is 0 Å². The zero-order chi connectivity index (χ0) is 13.9. The van der Waals surface area contributed by atoms with Crippen LogP contribution in [0.2, 0.25) is 0 Å². The van der Waals surface area contributed by atoms with E-state index >= 15 is 0 Å². The topological polar surface area (TPSA) is 41.1 Å². The van der Waals surface area contributed by atoms with Crippen LogP contribution in [0.5, 0.6) is 0 Å². The van der Waals surface area contributed by atoms with Gasteiger partial charge in [-0.3, -0.25) is 4.79 Å². The highest BCUT2D eigenvalue weighted by Gasteiger charge is 2.25. The third-order valence-electron chi connectivity index (χ3n) is 4.26. The van der Waals surface area contributed by atoms with Crippen LogP contribution in [0.15, 0.2) is 0 Å². The molecule has 0 atom stereocenters. The molecule has 19 heavy (non-hydrogen) atoms. The van der Waals surface area contributed by atoms with E-state index in [1.54, 1.807) is 0 Å². The van der Waals surface area contributed by atoms with Gasteiger partial charge in [-0.1, -0.05) is 33.1 Å². The molecule has 0 aromatic rings. The minimum atomic E-state index is 0.289. The Balaban J connectivity index is 2.07. The summed E-state index contributed by atoms with van der Waals surface area (Å²) in [7, 11) is 0. The molecule has 0 aromatic heterocycles. The highest BCUT2D eigenvalue weighted by Crippen LogP contribution is 2.31. The lowest BCUT2D eigenvalue weighted by atomic mass is 9.79. The smallest absolute Gasteiger partial charge is 0.223 e. The summed E-state index contributed by atoms with van der Waals surface area (Å²) in [4.78, 5) is 12.0. The molecule has 1 saturated carbocycles. The second kappa shape index (κ2) is 10.2. The fraction of sp³-hybridized carbons (Fsp3) is 0.938. The van der Waals surface area contributed by atoms with Crippen molar-refractivity contribution in [2.24, 2.45) is 11.8 Å². The van der Waals surface area contributed by atoms with Crippen molar-refractivity contribution in [1.29, 1.82) is 0 Å². The SMILES string of the molecule is CCCCC1CCC(C(=O)NCCCNCC)CC1. The molecule has 3 nitrogen and oxygen atoms in total. The van der Waals surface area contributed by atoms with Crippen LogP contribution in [0.25, 0.3) is 0 Å². The molecule has 112 valence electrons. The first-order valence-electron chi connectivity index (χ1n) is 8.26. The molecule has 1 fully saturated rings. The van der Waals surface area contributed by atoms with Gasteiger partial charge in [0.25, 0.3) is 0 Å². The lowest BCUT2D eigenvalue weighted by Crippen LogP contribution is -2.34.